The minimum atomic E-state index is -3.84. The lowest BCUT2D eigenvalue weighted by Crippen LogP contribution is -2.28. The zero-order chi connectivity index (χ0) is 14.1. The van der Waals surface area contributed by atoms with Gasteiger partial charge in [0, 0.05) is 12.7 Å². The summed E-state index contributed by atoms with van der Waals surface area (Å²) in [6, 6.07) is 0. The van der Waals surface area contributed by atoms with Gasteiger partial charge in [0.2, 0.25) is 11.6 Å². The fraction of sp³-hybridized carbons (Fsp3) is 0.400. The molecule has 0 amide bonds. The lowest BCUT2D eigenvalue weighted by Gasteiger charge is -2.16. The second-order valence-electron chi connectivity index (χ2n) is 3.34. The highest BCUT2D eigenvalue weighted by Gasteiger charge is 2.32. The van der Waals surface area contributed by atoms with Gasteiger partial charge >= 0.3 is 6.11 Å². The fourth-order valence-electron chi connectivity index (χ4n) is 1.06. The summed E-state index contributed by atoms with van der Waals surface area (Å²) in [5, 5.41) is 0. The number of hydrogen-bond acceptors (Lipinski definition) is 2. The molecule has 0 aliphatic rings. The molecular weight excluding hydrogens is 266 g/mol. The van der Waals surface area contributed by atoms with Crippen molar-refractivity contribution in [1.29, 1.82) is 0 Å². The molecule has 1 aromatic carbocycles. The van der Waals surface area contributed by atoms with E-state index in [0.717, 1.165) is 6.92 Å². The molecule has 0 aromatic heterocycles. The van der Waals surface area contributed by atoms with Gasteiger partial charge in [0.25, 0.3) is 0 Å². The molecule has 102 valence electrons. The van der Waals surface area contributed by atoms with Crippen molar-refractivity contribution in [3.8, 4) is 5.75 Å². The Morgan fingerprint density at radius 1 is 0.944 bits per heavy atom. The van der Waals surface area contributed by atoms with Crippen LogP contribution in [0.25, 0.3) is 0 Å². The van der Waals surface area contributed by atoms with Crippen LogP contribution in [0, 0.1) is 30.2 Å². The molecule has 2 nitrogen and oxygen atoms in total. The van der Waals surface area contributed by atoms with Crippen molar-refractivity contribution in [2.24, 2.45) is 0 Å². The van der Waals surface area contributed by atoms with Crippen LogP contribution in [0.4, 0.5) is 26.3 Å². The first-order valence-corrected chi connectivity index (χ1v) is 4.59. The van der Waals surface area contributed by atoms with E-state index in [1.807, 2.05) is 0 Å². The van der Waals surface area contributed by atoms with E-state index >= 15 is 0 Å². The molecule has 0 aliphatic carbocycles. The number of hydrogen-bond donors (Lipinski definition) is 0. The van der Waals surface area contributed by atoms with E-state index in [0.29, 0.717) is 7.11 Å². The third-order valence-corrected chi connectivity index (χ3v) is 2.13. The van der Waals surface area contributed by atoms with E-state index in [-0.39, 0.29) is 0 Å². The maximum atomic E-state index is 13.2. The van der Waals surface area contributed by atoms with Gasteiger partial charge in [-0.1, -0.05) is 0 Å². The summed E-state index contributed by atoms with van der Waals surface area (Å²) in [6.45, 7) is -0.788. The first-order valence-electron chi connectivity index (χ1n) is 4.59. The molecular formula is C10H8F6O2. The molecule has 0 saturated heterocycles. The first-order chi connectivity index (χ1) is 8.21. The van der Waals surface area contributed by atoms with Crippen LogP contribution < -0.4 is 4.74 Å². The molecule has 0 aliphatic heterocycles. The summed E-state index contributed by atoms with van der Waals surface area (Å²) in [4.78, 5) is 0. The van der Waals surface area contributed by atoms with Gasteiger partial charge in [0.05, 0.1) is 0 Å². The number of rotatable bonds is 4. The zero-order valence-electron chi connectivity index (χ0n) is 9.29. The lowest BCUT2D eigenvalue weighted by atomic mass is 10.2. The number of ether oxygens (including phenoxy) is 2. The molecule has 0 radical (unpaired) electrons. The van der Waals surface area contributed by atoms with Crippen LogP contribution in [0.15, 0.2) is 0 Å². The summed E-state index contributed by atoms with van der Waals surface area (Å²) in [5.41, 5.74) is -0.907. The highest BCUT2D eigenvalue weighted by molar-refractivity contribution is 5.33. The predicted octanol–water partition coefficient (Wildman–Crippen LogP) is 3.17. The Bertz CT molecular complexity index is 431. The Hall–Kier alpha value is -1.44. The van der Waals surface area contributed by atoms with Crippen molar-refractivity contribution < 1.29 is 35.8 Å². The van der Waals surface area contributed by atoms with Gasteiger partial charge in [0.15, 0.2) is 24.0 Å². The van der Waals surface area contributed by atoms with Crippen LogP contribution in [-0.2, 0) is 4.74 Å². The topological polar surface area (TPSA) is 18.5 Å². The van der Waals surface area contributed by atoms with Gasteiger partial charge in [0.1, 0.15) is 0 Å². The van der Waals surface area contributed by atoms with E-state index in [2.05, 4.69) is 9.47 Å². The quantitative estimate of drug-likeness (QED) is 0.620. The highest BCUT2D eigenvalue weighted by Crippen LogP contribution is 2.30. The largest absolute Gasteiger partial charge is 0.478 e. The number of benzene rings is 1. The second kappa shape index (κ2) is 5.05. The lowest BCUT2D eigenvalue weighted by molar-refractivity contribution is -0.237. The van der Waals surface area contributed by atoms with Gasteiger partial charge in [-0.3, -0.25) is 0 Å². The summed E-state index contributed by atoms with van der Waals surface area (Å²) in [7, 11) is 0.631. The van der Waals surface area contributed by atoms with Crippen LogP contribution >= 0.6 is 0 Å². The van der Waals surface area contributed by atoms with Crippen LogP contribution in [0.1, 0.15) is 5.56 Å². The Morgan fingerprint density at radius 2 is 1.39 bits per heavy atom. The molecule has 0 unspecified atom stereocenters. The molecule has 1 aromatic rings. The van der Waals surface area contributed by atoms with Crippen molar-refractivity contribution in [3.63, 3.8) is 0 Å². The van der Waals surface area contributed by atoms with Gasteiger partial charge in [-0.2, -0.15) is 17.6 Å². The molecule has 8 heteroatoms. The molecule has 0 saturated carbocycles. The first kappa shape index (κ1) is 14.6. The van der Waals surface area contributed by atoms with Crippen LogP contribution in [0.2, 0.25) is 0 Å². The van der Waals surface area contributed by atoms with Crippen molar-refractivity contribution in [2.75, 3.05) is 13.7 Å². The Labute approximate surface area is 98.1 Å². The minimum absolute atomic E-state index is 0.631. The second-order valence-corrected chi connectivity index (χ2v) is 3.34. The van der Waals surface area contributed by atoms with Crippen molar-refractivity contribution in [3.05, 3.63) is 28.8 Å². The van der Waals surface area contributed by atoms with E-state index in [1.165, 1.54) is 0 Å². The Morgan fingerprint density at radius 3 is 1.78 bits per heavy atom. The average Bonchev–Trinajstić information content (AvgIpc) is 2.34. The average molecular weight is 274 g/mol. The Kier molecular flexibility index (Phi) is 4.10. The predicted molar refractivity (Wildman–Crippen MR) is 48.5 cm³/mol. The fourth-order valence-corrected chi connectivity index (χ4v) is 1.06. The number of alkyl halides is 2. The minimum Gasteiger partial charge on any atom is -0.478 e. The monoisotopic (exact) mass is 274 g/mol. The highest BCUT2D eigenvalue weighted by atomic mass is 19.3. The van der Waals surface area contributed by atoms with Crippen molar-refractivity contribution >= 4 is 0 Å². The van der Waals surface area contributed by atoms with Gasteiger partial charge in [-0.05, 0) is 6.92 Å². The standard InChI is InChI=1S/C10H8F6O2/c1-4-5(11)7(13)9(8(14)6(4)12)18-3-10(15,16)17-2/h3H2,1-2H3. The Balaban J connectivity index is 3.11. The third kappa shape index (κ3) is 2.69. The van der Waals surface area contributed by atoms with Crippen LogP contribution in [-0.4, -0.2) is 19.8 Å². The molecule has 0 N–H and O–H groups in total. The SMILES string of the molecule is COC(F)(F)COc1c(F)c(F)c(C)c(F)c1F. The number of methoxy groups -OCH3 is 1. The summed E-state index contributed by atoms with van der Waals surface area (Å²) < 4.78 is 85.4. The smallest absolute Gasteiger partial charge is 0.389 e. The molecule has 1 rings (SSSR count). The summed E-state index contributed by atoms with van der Waals surface area (Å²) in [6.07, 6.45) is -3.84. The maximum Gasteiger partial charge on any atom is 0.389 e. The van der Waals surface area contributed by atoms with Crippen LogP contribution in [0.3, 0.4) is 0 Å². The van der Waals surface area contributed by atoms with E-state index in [4.69, 9.17) is 0 Å². The van der Waals surface area contributed by atoms with Crippen molar-refractivity contribution in [2.45, 2.75) is 13.0 Å². The normalized spacial score (nSPS) is 11.8. The summed E-state index contributed by atoms with van der Waals surface area (Å²) >= 11 is 0. The molecule has 0 atom stereocenters. The van der Waals surface area contributed by atoms with E-state index in [9.17, 15) is 26.3 Å². The number of halogens is 6. The third-order valence-electron chi connectivity index (χ3n) is 2.13. The van der Waals surface area contributed by atoms with E-state index < -0.39 is 47.3 Å². The van der Waals surface area contributed by atoms with Gasteiger partial charge < -0.3 is 9.47 Å². The summed E-state index contributed by atoms with van der Waals surface area (Å²) in [5.74, 6) is -8.71. The van der Waals surface area contributed by atoms with Gasteiger partial charge in [-0.15, -0.1) is 0 Å². The molecule has 0 bridgehead atoms. The zero-order valence-corrected chi connectivity index (χ0v) is 9.29. The molecule has 18 heavy (non-hydrogen) atoms. The molecule has 0 fully saturated rings. The molecule has 0 heterocycles. The maximum absolute atomic E-state index is 13.2. The van der Waals surface area contributed by atoms with Crippen LogP contribution in [0.5, 0.6) is 5.75 Å². The van der Waals surface area contributed by atoms with Crippen molar-refractivity contribution in [1.82, 2.24) is 0 Å². The van der Waals surface area contributed by atoms with Gasteiger partial charge in [-0.25, -0.2) is 8.78 Å². The van der Waals surface area contributed by atoms with E-state index in [1.54, 1.807) is 0 Å². The molecule has 0 spiro atoms.